The molecule has 0 spiro atoms. The fraction of sp³-hybridized carbons (Fsp3) is 0.154. The van der Waals surface area contributed by atoms with E-state index in [0.29, 0.717) is 12.0 Å². The number of fused-ring (bicyclic) bond motifs is 1. The summed E-state index contributed by atoms with van der Waals surface area (Å²) in [5, 5.41) is 2.72. The Morgan fingerprint density at radius 2 is 2.11 bits per heavy atom. The summed E-state index contributed by atoms with van der Waals surface area (Å²) in [6.45, 7) is 0. The molecule has 1 aromatic carbocycles. The minimum Gasteiger partial charge on any atom is -0.298 e. The molecule has 19 heavy (non-hydrogen) atoms. The Labute approximate surface area is 117 Å². The van der Waals surface area contributed by atoms with Crippen molar-refractivity contribution in [3.05, 3.63) is 34.7 Å². The van der Waals surface area contributed by atoms with E-state index in [9.17, 15) is 14.4 Å². The van der Waals surface area contributed by atoms with Gasteiger partial charge in [0.1, 0.15) is 6.29 Å². The van der Waals surface area contributed by atoms with Gasteiger partial charge >= 0.3 is 0 Å². The summed E-state index contributed by atoms with van der Waals surface area (Å²) < 4.78 is 1.02. The molecule has 96 valence electrons. The van der Waals surface area contributed by atoms with E-state index in [1.807, 2.05) is 18.2 Å². The number of imide groups is 1. The normalized spacial score (nSPS) is 18.8. The molecule has 2 amide bonds. The third kappa shape index (κ3) is 2.41. The highest BCUT2D eigenvalue weighted by molar-refractivity contribution is 8.15. The molecule has 6 heteroatoms. The van der Waals surface area contributed by atoms with Gasteiger partial charge in [-0.1, -0.05) is 23.9 Å². The van der Waals surface area contributed by atoms with Crippen LogP contribution in [0.15, 0.2) is 24.3 Å². The molecule has 1 N–H and O–H groups in total. The summed E-state index contributed by atoms with van der Waals surface area (Å²) in [6, 6.07) is 7.51. The third-order valence-electron chi connectivity index (χ3n) is 2.88. The topological polar surface area (TPSA) is 63.2 Å². The standard InChI is InChI=1S/C13H9NO3S2/c15-6-7-1-2-8-4-9(18-10(8)3-7)5-11-12(16)14-13(17)19-11/h1-4,6,11H,5H2,(H,14,16,17). The van der Waals surface area contributed by atoms with E-state index in [2.05, 4.69) is 5.32 Å². The molecule has 2 heterocycles. The minimum atomic E-state index is -0.342. The van der Waals surface area contributed by atoms with Gasteiger partial charge in [-0.25, -0.2) is 0 Å². The second-order valence-electron chi connectivity index (χ2n) is 4.22. The Bertz CT molecular complexity index is 692. The molecular weight excluding hydrogens is 282 g/mol. The second kappa shape index (κ2) is 4.79. The molecule has 4 nitrogen and oxygen atoms in total. The zero-order valence-corrected chi connectivity index (χ0v) is 11.3. The summed E-state index contributed by atoms with van der Waals surface area (Å²) in [7, 11) is 0. The summed E-state index contributed by atoms with van der Waals surface area (Å²) in [4.78, 5) is 34.4. The van der Waals surface area contributed by atoms with Crippen molar-refractivity contribution >= 4 is 50.6 Å². The number of carbonyl (C=O) groups is 3. The molecule has 2 aromatic rings. The van der Waals surface area contributed by atoms with Crippen molar-refractivity contribution < 1.29 is 14.4 Å². The fourth-order valence-electron chi connectivity index (χ4n) is 1.99. The number of carbonyl (C=O) groups excluding carboxylic acids is 3. The number of aldehydes is 1. The first-order valence-corrected chi connectivity index (χ1v) is 7.34. The van der Waals surface area contributed by atoms with E-state index in [-0.39, 0.29) is 16.4 Å². The number of rotatable bonds is 3. The van der Waals surface area contributed by atoms with Crippen LogP contribution in [0.3, 0.4) is 0 Å². The number of nitrogens with one attached hydrogen (secondary N) is 1. The molecule has 0 radical (unpaired) electrons. The zero-order valence-electron chi connectivity index (χ0n) is 9.71. The largest absolute Gasteiger partial charge is 0.298 e. The van der Waals surface area contributed by atoms with E-state index in [0.717, 1.165) is 33.0 Å². The highest BCUT2D eigenvalue weighted by Gasteiger charge is 2.31. The van der Waals surface area contributed by atoms with Gasteiger partial charge in [0.25, 0.3) is 5.24 Å². The van der Waals surface area contributed by atoms with Crippen LogP contribution < -0.4 is 5.32 Å². The van der Waals surface area contributed by atoms with Crippen molar-refractivity contribution in [3.8, 4) is 0 Å². The van der Waals surface area contributed by atoms with Crippen LogP contribution in [0, 0.1) is 0 Å². The lowest BCUT2D eigenvalue weighted by atomic mass is 10.1. The number of amides is 2. The van der Waals surface area contributed by atoms with E-state index in [1.54, 1.807) is 17.4 Å². The molecule has 1 aromatic heterocycles. The van der Waals surface area contributed by atoms with Crippen LogP contribution in [-0.4, -0.2) is 22.7 Å². The molecule has 1 atom stereocenters. The van der Waals surface area contributed by atoms with Gasteiger partial charge in [-0.15, -0.1) is 11.3 Å². The Kier molecular flexibility index (Phi) is 3.12. The molecular formula is C13H9NO3S2. The SMILES string of the molecule is O=Cc1ccc2cc(CC3SC(=O)NC3=O)sc2c1. The maximum absolute atomic E-state index is 11.5. The summed E-state index contributed by atoms with van der Waals surface area (Å²) in [5.41, 5.74) is 0.643. The van der Waals surface area contributed by atoms with Crippen LogP contribution in [0.25, 0.3) is 10.1 Å². The lowest BCUT2D eigenvalue weighted by molar-refractivity contribution is -0.118. The lowest BCUT2D eigenvalue weighted by Gasteiger charge is -2.00. The van der Waals surface area contributed by atoms with Crippen molar-refractivity contribution in [1.82, 2.24) is 5.32 Å². The first-order valence-electron chi connectivity index (χ1n) is 5.65. The van der Waals surface area contributed by atoms with E-state index in [1.165, 1.54) is 0 Å². The monoisotopic (exact) mass is 291 g/mol. The number of hydrogen-bond acceptors (Lipinski definition) is 5. The molecule has 1 fully saturated rings. The van der Waals surface area contributed by atoms with Gasteiger partial charge in [-0.05, 0) is 17.5 Å². The number of hydrogen-bond donors (Lipinski definition) is 1. The maximum atomic E-state index is 11.5. The molecule has 1 saturated heterocycles. The van der Waals surface area contributed by atoms with Crippen molar-refractivity contribution in [1.29, 1.82) is 0 Å². The predicted molar refractivity (Wildman–Crippen MR) is 75.8 cm³/mol. The van der Waals surface area contributed by atoms with E-state index in [4.69, 9.17) is 0 Å². The summed E-state index contributed by atoms with van der Waals surface area (Å²) >= 11 is 2.59. The second-order valence-corrected chi connectivity index (χ2v) is 6.56. The van der Waals surface area contributed by atoms with Gasteiger partial charge < -0.3 is 0 Å². The lowest BCUT2D eigenvalue weighted by Crippen LogP contribution is -2.25. The Morgan fingerprint density at radius 1 is 1.26 bits per heavy atom. The van der Waals surface area contributed by atoms with E-state index >= 15 is 0 Å². The Morgan fingerprint density at radius 3 is 2.79 bits per heavy atom. The smallest absolute Gasteiger partial charge is 0.286 e. The first kappa shape index (κ1) is 12.4. The van der Waals surface area contributed by atoms with Crippen molar-refractivity contribution in [3.63, 3.8) is 0 Å². The van der Waals surface area contributed by atoms with Gasteiger partial charge in [-0.2, -0.15) is 0 Å². The van der Waals surface area contributed by atoms with Crippen LogP contribution in [0.5, 0.6) is 0 Å². The predicted octanol–water partition coefficient (Wildman–Crippen LogP) is 2.61. The molecule has 1 aliphatic rings. The van der Waals surface area contributed by atoms with Crippen LogP contribution in [0.1, 0.15) is 15.2 Å². The van der Waals surface area contributed by atoms with E-state index < -0.39 is 0 Å². The molecule has 1 aliphatic heterocycles. The van der Waals surface area contributed by atoms with Gasteiger partial charge in [0, 0.05) is 21.6 Å². The van der Waals surface area contributed by atoms with Gasteiger partial charge in [0.05, 0.1) is 5.25 Å². The number of thiophene rings is 1. The van der Waals surface area contributed by atoms with Crippen molar-refractivity contribution in [2.75, 3.05) is 0 Å². The molecule has 3 rings (SSSR count). The number of benzene rings is 1. The fourth-order valence-corrected chi connectivity index (χ4v) is 4.10. The van der Waals surface area contributed by atoms with Gasteiger partial charge in [-0.3, -0.25) is 19.7 Å². The van der Waals surface area contributed by atoms with Gasteiger partial charge in [0.15, 0.2) is 0 Å². The van der Waals surface area contributed by atoms with Crippen LogP contribution in [0.4, 0.5) is 4.79 Å². The first-order chi connectivity index (χ1) is 9.15. The average Bonchev–Trinajstić information content (AvgIpc) is 2.91. The third-order valence-corrected chi connectivity index (χ3v) is 4.99. The van der Waals surface area contributed by atoms with Crippen LogP contribution in [-0.2, 0) is 11.2 Å². The van der Waals surface area contributed by atoms with Gasteiger partial charge in [0.2, 0.25) is 5.91 Å². The highest BCUT2D eigenvalue weighted by atomic mass is 32.2. The quantitative estimate of drug-likeness (QED) is 0.883. The highest BCUT2D eigenvalue weighted by Crippen LogP contribution is 2.30. The van der Waals surface area contributed by atoms with Crippen LogP contribution in [0.2, 0.25) is 0 Å². The Balaban J connectivity index is 1.87. The van der Waals surface area contributed by atoms with Crippen molar-refractivity contribution in [2.45, 2.75) is 11.7 Å². The van der Waals surface area contributed by atoms with Crippen LogP contribution >= 0.6 is 23.1 Å². The summed E-state index contributed by atoms with van der Waals surface area (Å²) in [6.07, 6.45) is 1.36. The minimum absolute atomic E-state index is 0.221. The number of thioether (sulfide) groups is 1. The zero-order chi connectivity index (χ0) is 13.4. The average molecular weight is 291 g/mol. The summed E-state index contributed by atoms with van der Waals surface area (Å²) in [5.74, 6) is -0.221. The molecule has 0 saturated carbocycles. The molecule has 0 bridgehead atoms. The Hall–Kier alpha value is -1.66. The molecule has 1 unspecified atom stereocenters. The van der Waals surface area contributed by atoms with Crippen molar-refractivity contribution in [2.24, 2.45) is 0 Å². The maximum Gasteiger partial charge on any atom is 0.286 e. The molecule has 0 aliphatic carbocycles.